The second-order valence-corrected chi connectivity index (χ2v) is 7.12. The number of nitrogens with one attached hydrogen (secondary N) is 1. The fourth-order valence-electron chi connectivity index (χ4n) is 3.56. The molecule has 4 rings (SSSR count). The summed E-state index contributed by atoms with van der Waals surface area (Å²) in [6, 6.07) is 7.82. The molecular weight excluding hydrogens is 342 g/mol. The number of fused-ring (bicyclic) bond motifs is 1. The standard InChI is InChI=1S/C19H25N7O/c1-13(16-4-2-3-7-21-16)24-19-18-14(5-9-26(18)23-12-22-19)10-25-8-6-15(20)17(27)11-25/h2-5,7,9,12-13,15,17,27H,6,8,10-11,20H2,1H3,(H,22,23,24)/t13?,15-,17-/m1/s1. The molecule has 1 unspecified atom stereocenters. The number of aliphatic hydroxyl groups excluding tert-OH is 1. The lowest BCUT2D eigenvalue weighted by Crippen LogP contribution is -2.50. The first kappa shape index (κ1) is 17.8. The molecule has 0 aliphatic carbocycles. The summed E-state index contributed by atoms with van der Waals surface area (Å²) in [6.45, 7) is 4.24. The van der Waals surface area contributed by atoms with Crippen molar-refractivity contribution in [3.8, 4) is 0 Å². The number of nitrogens with two attached hydrogens (primary N) is 1. The molecule has 4 heterocycles. The monoisotopic (exact) mass is 367 g/mol. The fourth-order valence-corrected chi connectivity index (χ4v) is 3.56. The first-order valence-electron chi connectivity index (χ1n) is 9.26. The first-order valence-corrected chi connectivity index (χ1v) is 9.26. The molecule has 4 N–H and O–H groups in total. The molecule has 27 heavy (non-hydrogen) atoms. The van der Waals surface area contributed by atoms with E-state index in [2.05, 4.69) is 38.3 Å². The van der Waals surface area contributed by atoms with Crippen LogP contribution >= 0.6 is 0 Å². The number of aromatic nitrogens is 4. The van der Waals surface area contributed by atoms with Crippen LogP contribution in [-0.4, -0.2) is 54.8 Å². The van der Waals surface area contributed by atoms with Gasteiger partial charge in [0.2, 0.25) is 0 Å². The van der Waals surface area contributed by atoms with Gasteiger partial charge in [0.15, 0.2) is 5.82 Å². The summed E-state index contributed by atoms with van der Waals surface area (Å²) >= 11 is 0. The number of aliphatic hydroxyl groups is 1. The summed E-state index contributed by atoms with van der Waals surface area (Å²) < 4.78 is 1.84. The highest BCUT2D eigenvalue weighted by molar-refractivity contribution is 5.72. The van der Waals surface area contributed by atoms with E-state index < -0.39 is 6.10 Å². The number of likely N-dealkylation sites (tertiary alicyclic amines) is 1. The molecule has 0 bridgehead atoms. The van der Waals surface area contributed by atoms with E-state index in [9.17, 15) is 5.11 Å². The van der Waals surface area contributed by atoms with Crippen molar-refractivity contribution in [2.75, 3.05) is 18.4 Å². The predicted molar refractivity (Wildman–Crippen MR) is 103 cm³/mol. The highest BCUT2D eigenvalue weighted by Crippen LogP contribution is 2.25. The van der Waals surface area contributed by atoms with Crippen LogP contribution < -0.4 is 11.1 Å². The van der Waals surface area contributed by atoms with Gasteiger partial charge >= 0.3 is 0 Å². The number of hydrogen-bond donors (Lipinski definition) is 3. The summed E-state index contributed by atoms with van der Waals surface area (Å²) in [5, 5.41) is 17.9. The Labute approximate surface area is 158 Å². The van der Waals surface area contributed by atoms with Gasteiger partial charge in [0.25, 0.3) is 0 Å². The summed E-state index contributed by atoms with van der Waals surface area (Å²) in [7, 11) is 0. The predicted octanol–water partition coefficient (Wildman–Crippen LogP) is 1.19. The van der Waals surface area contributed by atoms with Crippen molar-refractivity contribution in [3.05, 3.63) is 54.2 Å². The summed E-state index contributed by atoms with van der Waals surface area (Å²) in [6.07, 6.45) is 5.59. The van der Waals surface area contributed by atoms with Crippen molar-refractivity contribution >= 4 is 11.3 Å². The molecule has 3 aromatic heterocycles. The van der Waals surface area contributed by atoms with Gasteiger partial charge in [-0.1, -0.05) is 6.07 Å². The minimum atomic E-state index is -0.481. The van der Waals surface area contributed by atoms with Gasteiger partial charge in [-0.15, -0.1) is 0 Å². The Morgan fingerprint density at radius 3 is 3.00 bits per heavy atom. The van der Waals surface area contributed by atoms with Gasteiger partial charge in [-0.05, 0) is 37.1 Å². The Morgan fingerprint density at radius 1 is 1.33 bits per heavy atom. The molecule has 0 aromatic carbocycles. The van der Waals surface area contributed by atoms with Gasteiger partial charge in [0, 0.05) is 38.1 Å². The Kier molecular flexibility index (Phi) is 5.02. The topological polar surface area (TPSA) is 105 Å². The van der Waals surface area contributed by atoms with E-state index in [1.165, 1.54) is 0 Å². The zero-order valence-electron chi connectivity index (χ0n) is 15.4. The van der Waals surface area contributed by atoms with Crippen LogP contribution in [0, 0.1) is 0 Å². The maximum absolute atomic E-state index is 10.1. The van der Waals surface area contributed by atoms with E-state index in [0.717, 1.165) is 42.1 Å². The average Bonchev–Trinajstić information content (AvgIpc) is 3.09. The Morgan fingerprint density at radius 2 is 2.22 bits per heavy atom. The van der Waals surface area contributed by atoms with Crippen molar-refractivity contribution < 1.29 is 5.11 Å². The minimum Gasteiger partial charge on any atom is -0.390 e. The van der Waals surface area contributed by atoms with E-state index >= 15 is 0 Å². The van der Waals surface area contributed by atoms with Crippen molar-refractivity contribution in [1.29, 1.82) is 0 Å². The lowest BCUT2D eigenvalue weighted by molar-refractivity contribution is 0.0501. The van der Waals surface area contributed by atoms with Crippen LogP contribution in [0.2, 0.25) is 0 Å². The molecule has 3 aromatic rings. The average molecular weight is 367 g/mol. The molecule has 142 valence electrons. The number of pyridine rings is 1. The van der Waals surface area contributed by atoms with Crippen LogP contribution in [0.1, 0.15) is 30.6 Å². The highest BCUT2D eigenvalue weighted by atomic mass is 16.3. The van der Waals surface area contributed by atoms with E-state index in [1.54, 1.807) is 12.5 Å². The number of anilines is 1. The first-order chi connectivity index (χ1) is 13.1. The number of β-amino-alcohol motifs (C(OH)–C–C–N with tert-alkyl or cyclic N) is 1. The van der Waals surface area contributed by atoms with Crippen molar-refractivity contribution in [3.63, 3.8) is 0 Å². The van der Waals surface area contributed by atoms with Gasteiger partial charge in [-0.2, -0.15) is 5.10 Å². The molecule has 0 saturated carbocycles. The third-order valence-electron chi connectivity index (χ3n) is 5.13. The van der Waals surface area contributed by atoms with Gasteiger partial charge in [-0.25, -0.2) is 9.50 Å². The maximum atomic E-state index is 10.1. The van der Waals surface area contributed by atoms with Crippen LogP contribution in [0.5, 0.6) is 0 Å². The number of piperidine rings is 1. The van der Waals surface area contributed by atoms with Gasteiger partial charge in [-0.3, -0.25) is 9.88 Å². The Balaban J connectivity index is 1.58. The van der Waals surface area contributed by atoms with Crippen molar-refractivity contribution in [2.45, 2.75) is 38.1 Å². The smallest absolute Gasteiger partial charge is 0.154 e. The van der Waals surface area contributed by atoms with Crippen LogP contribution in [0.25, 0.3) is 5.52 Å². The fraction of sp³-hybridized carbons (Fsp3) is 0.421. The number of hydrogen-bond acceptors (Lipinski definition) is 7. The molecule has 1 saturated heterocycles. The SMILES string of the molecule is CC(Nc1ncnn2ccc(CN3CC[C@@H](N)[C@H](O)C3)c12)c1ccccn1. The lowest BCUT2D eigenvalue weighted by Gasteiger charge is -2.33. The molecule has 8 heteroatoms. The van der Waals surface area contributed by atoms with E-state index in [0.29, 0.717) is 6.54 Å². The lowest BCUT2D eigenvalue weighted by atomic mass is 10.0. The van der Waals surface area contributed by atoms with Crippen LogP contribution in [-0.2, 0) is 6.54 Å². The second-order valence-electron chi connectivity index (χ2n) is 7.12. The van der Waals surface area contributed by atoms with Crippen molar-refractivity contribution in [1.82, 2.24) is 24.5 Å². The van der Waals surface area contributed by atoms with Crippen LogP contribution in [0.4, 0.5) is 5.82 Å². The van der Waals surface area contributed by atoms with E-state index in [1.807, 2.05) is 28.9 Å². The molecule has 0 radical (unpaired) electrons. The zero-order chi connectivity index (χ0) is 18.8. The zero-order valence-corrected chi connectivity index (χ0v) is 15.4. The third-order valence-corrected chi connectivity index (χ3v) is 5.13. The summed E-state index contributed by atoms with van der Waals surface area (Å²) in [5.74, 6) is 0.775. The summed E-state index contributed by atoms with van der Waals surface area (Å²) in [4.78, 5) is 11.1. The second kappa shape index (κ2) is 7.59. The molecule has 0 spiro atoms. The van der Waals surface area contributed by atoms with Crippen LogP contribution in [0.15, 0.2) is 43.0 Å². The Bertz CT molecular complexity index is 897. The molecule has 1 aliphatic heterocycles. The van der Waals surface area contributed by atoms with Gasteiger partial charge in [0.1, 0.15) is 11.8 Å². The molecular formula is C19H25N7O. The molecule has 8 nitrogen and oxygen atoms in total. The number of nitrogens with zero attached hydrogens (tertiary/aromatic N) is 5. The minimum absolute atomic E-state index is 0.0162. The van der Waals surface area contributed by atoms with Gasteiger partial charge < -0.3 is 16.2 Å². The largest absolute Gasteiger partial charge is 0.390 e. The summed E-state index contributed by atoms with van der Waals surface area (Å²) in [5.41, 5.74) is 8.94. The number of rotatable bonds is 5. The molecule has 1 fully saturated rings. The van der Waals surface area contributed by atoms with E-state index in [4.69, 9.17) is 5.73 Å². The highest BCUT2D eigenvalue weighted by Gasteiger charge is 2.25. The molecule has 3 atom stereocenters. The molecule has 1 aliphatic rings. The Hall–Kier alpha value is -2.55. The van der Waals surface area contributed by atoms with Crippen LogP contribution in [0.3, 0.4) is 0 Å². The van der Waals surface area contributed by atoms with Crippen molar-refractivity contribution in [2.24, 2.45) is 5.73 Å². The quantitative estimate of drug-likeness (QED) is 0.622. The maximum Gasteiger partial charge on any atom is 0.154 e. The van der Waals surface area contributed by atoms with Gasteiger partial charge in [0.05, 0.1) is 17.8 Å². The normalized spacial score (nSPS) is 22.0. The van der Waals surface area contributed by atoms with E-state index in [-0.39, 0.29) is 12.1 Å². The third kappa shape index (κ3) is 3.78. The molecule has 0 amide bonds.